The first-order valence-corrected chi connectivity index (χ1v) is 8.68. The van der Waals surface area contributed by atoms with Gasteiger partial charge in [-0.1, -0.05) is 47.0 Å². The number of nitrogens with one attached hydrogen (secondary N) is 1. The second-order valence-corrected chi connectivity index (χ2v) is 6.70. The number of carbonyl (C=O) groups is 2. The monoisotopic (exact) mass is 394 g/mol. The summed E-state index contributed by atoms with van der Waals surface area (Å²) in [6.07, 6.45) is 0.140. The van der Waals surface area contributed by atoms with Crippen LogP contribution in [0.3, 0.4) is 0 Å². The molecule has 26 heavy (non-hydrogen) atoms. The number of anilines is 1. The fraction of sp³-hybridized carbons (Fsp3) is 0.263. The molecule has 0 aliphatic carbocycles. The number of ether oxygens (including phenoxy) is 1. The van der Waals surface area contributed by atoms with Crippen molar-refractivity contribution < 1.29 is 14.3 Å². The minimum atomic E-state index is -0.382. The van der Waals surface area contributed by atoms with Gasteiger partial charge in [-0.15, -0.1) is 0 Å². The van der Waals surface area contributed by atoms with Crippen molar-refractivity contribution in [3.63, 3.8) is 0 Å². The zero-order valence-corrected chi connectivity index (χ0v) is 16.3. The second kappa shape index (κ2) is 8.92. The van der Waals surface area contributed by atoms with Gasteiger partial charge in [0.25, 0.3) is 0 Å². The number of halogens is 2. The summed E-state index contributed by atoms with van der Waals surface area (Å²) in [5.41, 5.74) is 2.14. The minimum absolute atomic E-state index is 0.117. The third-order valence-corrected chi connectivity index (χ3v) is 4.44. The number of amides is 2. The van der Waals surface area contributed by atoms with Crippen molar-refractivity contribution in [1.29, 1.82) is 0 Å². The Kier molecular flexibility index (Phi) is 6.89. The van der Waals surface area contributed by atoms with Gasteiger partial charge in [0.15, 0.2) is 0 Å². The van der Waals surface area contributed by atoms with Crippen molar-refractivity contribution in [3.05, 3.63) is 57.6 Å². The lowest BCUT2D eigenvalue weighted by Gasteiger charge is -2.18. The van der Waals surface area contributed by atoms with E-state index in [0.717, 1.165) is 11.1 Å². The summed E-state index contributed by atoms with van der Waals surface area (Å²) in [6, 6.07) is 10.6. The van der Waals surface area contributed by atoms with Gasteiger partial charge in [0.2, 0.25) is 11.8 Å². The Labute approximate surface area is 162 Å². The SMILES string of the molecule is COc1ccc(C)cc1CC(=O)N(C)CC(=O)Nc1c(Cl)cccc1Cl. The van der Waals surface area contributed by atoms with Crippen LogP contribution in [0.25, 0.3) is 0 Å². The molecule has 0 saturated heterocycles. The van der Waals surface area contributed by atoms with Crippen molar-refractivity contribution in [2.45, 2.75) is 13.3 Å². The molecule has 0 unspecified atom stereocenters. The van der Waals surface area contributed by atoms with E-state index < -0.39 is 0 Å². The van der Waals surface area contributed by atoms with Gasteiger partial charge in [-0.2, -0.15) is 0 Å². The van der Waals surface area contributed by atoms with Gasteiger partial charge >= 0.3 is 0 Å². The maximum atomic E-state index is 12.5. The molecule has 0 bridgehead atoms. The Balaban J connectivity index is 2.01. The average Bonchev–Trinajstić information content (AvgIpc) is 2.58. The molecule has 138 valence electrons. The van der Waals surface area contributed by atoms with Crippen molar-refractivity contribution in [2.75, 3.05) is 26.0 Å². The first-order chi connectivity index (χ1) is 12.3. The molecule has 0 saturated carbocycles. The van der Waals surface area contributed by atoms with Gasteiger partial charge in [-0.3, -0.25) is 9.59 Å². The van der Waals surface area contributed by atoms with Crippen LogP contribution in [-0.2, 0) is 16.0 Å². The lowest BCUT2D eigenvalue weighted by atomic mass is 10.1. The standard InChI is InChI=1S/C19H20Cl2N2O3/c1-12-7-8-16(26-3)13(9-12)10-18(25)23(2)11-17(24)22-19-14(20)5-4-6-15(19)21/h4-9H,10-11H2,1-3H3,(H,22,24). The Morgan fingerprint density at radius 3 is 2.42 bits per heavy atom. The van der Waals surface area contributed by atoms with E-state index in [9.17, 15) is 9.59 Å². The molecule has 2 aromatic carbocycles. The minimum Gasteiger partial charge on any atom is -0.496 e. The van der Waals surface area contributed by atoms with Gasteiger partial charge in [0, 0.05) is 12.6 Å². The number of hydrogen-bond donors (Lipinski definition) is 1. The summed E-state index contributed by atoms with van der Waals surface area (Å²) < 4.78 is 5.29. The molecule has 1 N–H and O–H groups in total. The first kappa shape index (κ1) is 20.1. The van der Waals surface area contributed by atoms with Crippen LogP contribution < -0.4 is 10.1 Å². The highest BCUT2D eigenvalue weighted by atomic mass is 35.5. The van der Waals surface area contributed by atoms with Gasteiger partial charge in [0.05, 0.1) is 35.8 Å². The number of nitrogens with zero attached hydrogens (tertiary/aromatic N) is 1. The third kappa shape index (κ3) is 5.13. The van der Waals surface area contributed by atoms with Crippen LogP contribution in [0.15, 0.2) is 36.4 Å². The van der Waals surface area contributed by atoms with Gasteiger partial charge in [0.1, 0.15) is 5.75 Å². The summed E-state index contributed by atoms with van der Waals surface area (Å²) in [5.74, 6) is 0.0611. The Hall–Kier alpha value is -2.24. The van der Waals surface area contributed by atoms with Crippen LogP contribution in [-0.4, -0.2) is 37.4 Å². The topological polar surface area (TPSA) is 58.6 Å². The number of hydrogen-bond acceptors (Lipinski definition) is 3. The summed E-state index contributed by atoms with van der Waals surface area (Å²) in [6.45, 7) is 1.83. The van der Waals surface area contributed by atoms with Crippen molar-refractivity contribution in [2.24, 2.45) is 0 Å². The molecule has 0 radical (unpaired) electrons. The zero-order chi connectivity index (χ0) is 19.3. The number of benzene rings is 2. The molecule has 0 spiro atoms. The van der Waals surface area contributed by atoms with E-state index in [2.05, 4.69) is 5.32 Å². The summed E-state index contributed by atoms with van der Waals surface area (Å²) in [5, 5.41) is 3.31. The van der Waals surface area contributed by atoms with Crippen LogP contribution in [0.1, 0.15) is 11.1 Å². The second-order valence-electron chi connectivity index (χ2n) is 5.89. The van der Waals surface area contributed by atoms with E-state index in [4.69, 9.17) is 27.9 Å². The van der Waals surface area contributed by atoms with Crippen molar-refractivity contribution in [1.82, 2.24) is 4.90 Å². The fourth-order valence-electron chi connectivity index (χ4n) is 2.44. The number of carbonyl (C=O) groups excluding carboxylic acids is 2. The maximum absolute atomic E-state index is 12.5. The molecule has 2 aromatic rings. The lowest BCUT2D eigenvalue weighted by Crippen LogP contribution is -2.36. The molecule has 0 aliphatic heterocycles. The van der Waals surface area contributed by atoms with Crippen molar-refractivity contribution >= 4 is 40.7 Å². The van der Waals surface area contributed by atoms with E-state index in [1.165, 1.54) is 4.90 Å². The summed E-state index contributed by atoms with van der Waals surface area (Å²) in [7, 11) is 3.13. The molecule has 0 fully saturated rings. The highest BCUT2D eigenvalue weighted by Crippen LogP contribution is 2.29. The van der Waals surface area contributed by atoms with E-state index in [-0.39, 0.29) is 24.8 Å². The molecule has 2 amide bonds. The first-order valence-electron chi connectivity index (χ1n) is 7.93. The molecule has 7 heteroatoms. The summed E-state index contributed by atoms with van der Waals surface area (Å²) in [4.78, 5) is 26.0. The van der Waals surface area contributed by atoms with Crippen LogP contribution in [0.2, 0.25) is 10.0 Å². The number of methoxy groups -OCH3 is 1. The number of aryl methyl sites for hydroxylation is 1. The predicted molar refractivity (Wildman–Crippen MR) is 104 cm³/mol. The lowest BCUT2D eigenvalue weighted by molar-refractivity contribution is -0.132. The van der Waals surface area contributed by atoms with Crippen LogP contribution >= 0.6 is 23.2 Å². The molecular formula is C19H20Cl2N2O3. The van der Waals surface area contributed by atoms with Gasteiger partial charge in [-0.25, -0.2) is 0 Å². The Morgan fingerprint density at radius 1 is 1.15 bits per heavy atom. The van der Waals surface area contributed by atoms with Crippen LogP contribution in [0, 0.1) is 6.92 Å². The molecule has 2 rings (SSSR count). The molecule has 0 aromatic heterocycles. The number of rotatable bonds is 6. The van der Waals surface area contributed by atoms with Gasteiger partial charge < -0.3 is 15.0 Å². The molecular weight excluding hydrogens is 375 g/mol. The predicted octanol–water partition coefficient (Wildman–Crippen LogP) is 3.95. The zero-order valence-electron chi connectivity index (χ0n) is 14.8. The van der Waals surface area contributed by atoms with E-state index in [1.807, 2.05) is 25.1 Å². The maximum Gasteiger partial charge on any atom is 0.244 e. The fourth-order valence-corrected chi connectivity index (χ4v) is 2.94. The number of para-hydroxylation sites is 1. The third-order valence-electron chi connectivity index (χ3n) is 3.81. The molecule has 0 atom stereocenters. The Morgan fingerprint density at radius 2 is 1.81 bits per heavy atom. The van der Waals surface area contributed by atoms with E-state index in [0.29, 0.717) is 21.5 Å². The van der Waals surface area contributed by atoms with Crippen molar-refractivity contribution in [3.8, 4) is 5.75 Å². The normalized spacial score (nSPS) is 10.3. The molecule has 0 aliphatic rings. The highest BCUT2D eigenvalue weighted by molar-refractivity contribution is 6.39. The summed E-state index contributed by atoms with van der Waals surface area (Å²) >= 11 is 12.1. The molecule has 0 heterocycles. The number of likely N-dealkylation sites (N-methyl/N-ethyl adjacent to an activating group) is 1. The van der Waals surface area contributed by atoms with Crippen LogP contribution in [0.4, 0.5) is 5.69 Å². The quantitative estimate of drug-likeness (QED) is 0.806. The van der Waals surface area contributed by atoms with Gasteiger partial charge in [-0.05, 0) is 25.1 Å². The highest BCUT2D eigenvalue weighted by Gasteiger charge is 2.17. The molecule has 5 nitrogen and oxygen atoms in total. The Bertz CT molecular complexity index is 804. The smallest absolute Gasteiger partial charge is 0.244 e. The van der Waals surface area contributed by atoms with E-state index in [1.54, 1.807) is 32.4 Å². The van der Waals surface area contributed by atoms with Crippen LogP contribution in [0.5, 0.6) is 5.75 Å². The largest absolute Gasteiger partial charge is 0.496 e. The van der Waals surface area contributed by atoms with E-state index >= 15 is 0 Å². The average molecular weight is 395 g/mol.